The van der Waals surface area contributed by atoms with Crippen molar-refractivity contribution in [2.45, 2.75) is 31.6 Å². The molecular weight excluding hydrogens is 320 g/mol. The van der Waals surface area contributed by atoms with Crippen LogP contribution in [0.3, 0.4) is 0 Å². The first kappa shape index (κ1) is 16.3. The van der Waals surface area contributed by atoms with E-state index in [9.17, 15) is 4.79 Å². The number of hydrogen-bond donors (Lipinski definition) is 0. The Bertz CT molecular complexity index is 903. The average Bonchev–Trinajstić information content (AvgIpc) is 3.22. The molecule has 2 aromatic heterocycles. The first-order chi connectivity index (χ1) is 11.7. The monoisotopic (exact) mass is 338 g/mol. The molecule has 6 heteroatoms. The lowest BCUT2D eigenvalue weighted by Crippen LogP contribution is -2.04. The molecule has 0 saturated heterocycles. The van der Waals surface area contributed by atoms with E-state index in [1.807, 2.05) is 45.8 Å². The minimum atomic E-state index is 0.0811. The highest BCUT2D eigenvalue weighted by molar-refractivity contribution is 7.99. The Balaban J connectivity index is 1.83. The van der Waals surface area contributed by atoms with Gasteiger partial charge in [0.2, 0.25) is 0 Å². The van der Waals surface area contributed by atoms with Crippen LogP contribution in [0.4, 0.5) is 0 Å². The number of Topliss-reactive ketones (excluding diaryl/α,β-unsaturated/α-hetero) is 1. The smallest absolute Gasteiger partial charge is 0.175 e. The molecule has 0 radical (unpaired) electrons. The number of ketones is 1. The van der Waals surface area contributed by atoms with Gasteiger partial charge in [0.25, 0.3) is 0 Å². The van der Waals surface area contributed by atoms with Crippen molar-refractivity contribution in [3.8, 4) is 6.07 Å². The first-order valence-corrected chi connectivity index (χ1v) is 8.85. The topological polar surface area (TPSA) is 63.6 Å². The van der Waals surface area contributed by atoms with Crippen LogP contribution < -0.4 is 0 Å². The van der Waals surface area contributed by atoms with Crippen molar-refractivity contribution in [3.05, 3.63) is 48.4 Å². The van der Waals surface area contributed by atoms with Gasteiger partial charge in [-0.2, -0.15) is 5.26 Å². The molecule has 0 amide bonds. The second-order valence-corrected chi connectivity index (χ2v) is 6.31. The van der Waals surface area contributed by atoms with Crippen LogP contribution in [-0.4, -0.2) is 25.7 Å². The van der Waals surface area contributed by atoms with E-state index in [4.69, 9.17) is 5.26 Å². The Hall–Kier alpha value is -2.52. The second kappa shape index (κ2) is 7.37. The number of nitriles is 1. The molecule has 0 N–H and O–H groups in total. The SMILES string of the molecule is CCn1ccnc1SCC(=O)c1cn(CCC#N)c2ccccc12. The number of thioether (sulfide) groups is 1. The van der Waals surface area contributed by atoms with Crippen molar-refractivity contribution >= 4 is 28.4 Å². The number of carbonyl (C=O) groups excluding carboxylic acids is 1. The van der Waals surface area contributed by atoms with Crippen molar-refractivity contribution in [2.24, 2.45) is 0 Å². The lowest BCUT2D eigenvalue weighted by molar-refractivity contribution is 0.102. The fourth-order valence-corrected chi connectivity index (χ4v) is 3.62. The molecule has 3 aromatic rings. The number of nitrogens with zero attached hydrogens (tertiary/aromatic N) is 4. The molecular formula is C18H18N4OS. The Morgan fingerprint density at radius 1 is 1.33 bits per heavy atom. The average molecular weight is 338 g/mol. The highest BCUT2D eigenvalue weighted by Crippen LogP contribution is 2.24. The third-order valence-electron chi connectivity index (χ3n) is 3.90. The molecule has 0 bridgehead atoms. The number of aromatic nitrogens is 3. The van der Waals surface area contributed by atoms with E-state index < -0.39 is 0 Å². The summed E-state index contributed by atoms with van der Waals surface area (Å²) in [5, 5.41) is 10.6. The van der Waals surface area contributed by atoms with Gasteiger partial charge in [0.15, 0.2) is 10.9 Å². The maximum Gasteiger partial charge on any atom is 0.175 e. The molecule has 0 atom stereocenters. The van der Waals surface area contributed by atoms with Crippen LogP contribution in [0.15, 0.2) is 48.0 Å². The minimum absolute atomic E-state index is 0.0811. The van der Waals surface area contributed by atoms with E-state index >= 15 is 0 Å². The molecule has 0 aliphatic carbocycles. The van der Waals surface area contributed by atoms with E-state index in [1.165, 1.54) is 11.8 Å². The summed E-state index contributed by atoms with van der Waals surface area (Å²) in [4.78, 5) is 17.0. The van der Waals surface area contributed by atoms with Crippen LogP contribution in [0.5, 0.6) is 0 Å². The Morgan fingerprint density at radius 3 is 2.96 bits per heavy atom. The molecule has 0 saturated carbocycles. The number of rotatable bonds is 7. The summed E-state index contributed by atoms with van der Waals surface area (Å²) in [5.41, 5.74) is 1.71. The number of fused-ring (bicyclic) bond motifs is 1. The predicted octanol–water partition coefficient (Wildman–Crippen LogP) is 3.75. The van der Waals surface area contributed by atoms with Gasteiger partial charge in [-0.1, -0.05) is 30.0 Å². The van der Waals surface area contributed by atoms with E-state index in [2.05, 4.69) is 18.0 Å². The van der Waals surface area contributed by atoms with Gasteiger partial charge in [0.1, 0.15) is 0 Å². The third-order valence-corrected chi connectivity index (χ3v) is 4.91. The largest absolute Gasteiger partial charge is 0.346 e. The summed E-state index contributed by atoms with van der Waals surface area (Å²) in [6, 6.07) is 9.99. The molecule has 0 aliphatic rings. The molecule has 5 nitrogen and oxygen atoms in total. The molecule has 122 valence electrons. The Morgan fingerprint density at radius 2 is 2.17 bits per heavy atom. The van der Waals surface area contributed by atoms with E-state index in [1.54, 1.807) is 6.20 Å². The quantitative estimate of drug-likeness (QED) is 0.486. The molecule has 0 spiro atoms. The zero-order valence-corrected chi connectivity index (χ0v) is 14.3. The van der Waals surface area contributed by atoms with Crippen LogP contribution >= 0.6 is 11.8 Å². The minimum Gasteiger partial charge on any atom is -0.346 e. The van der Waals surface area contributed by atoms with Crippen LogP contribution in [0.25, 0.3) is 10.9 Å². The maximum atomic E-state index is 12.7. The zero-order chi connectivity index (χ0) is 16.9. The molecule has 3 rings (SSSR count). The predicted molar refractivity (Wildman–Crippen MR) is 95.1 cm³/mol. The number of carbonyl (C=O) groups is 1. The summed E-state index contributed by atoms with van der Waals surface area (Å²) in [7, 11) is 0. The van der Waals surface area contributed by atoms with Gasteiger partial charge >= 0.3 is 0 Å². The van der Waals surface area contributed by atoms with Gasteiger partial charge in [0.05, 0.1) is 18.2 Å². The van der Waals surface area contributed by atoms with Gasteiger partial charge in [-0.05, 0) is 13.0 Å². The van der Waals surface area contributed by atoms with Gasteiger partial charge in [-0.15, -0.1) is 0 Å². The standard InChI is InChI=1S/C18H18N4OS/c1-2-21-11-9-20-18(21)24-13-17(23)15-12-22(10-5-8-19)16-7-4-3-6-14(15)16/h3-4,6-7,9,11-12H,2,5,10,13H2,1H3. The molecule has 0 aliphatic heterocycles. The van der Waals surface area contributed by atoms with Crippen LogP contribution in [0.2, 0.25) is 0 Å². The summed E-state index contributed by atoms with van der Waals surface area (Å²) < 4.78 is 4.01. The highest BCUT2D eigenvalue weighted by atomic mass is 32.2. The van der Waals surface area contributed by atoms with Gasteiger partial charge in [-0.3, -0.25) is 4.79 Å². The molecule has 1 aromatic carbocycles. The maximum absolute atomic E-state index is 12.7. The van der Waals surface area contributed by atoms with Crippen molar-refractivity contribution in [3.63, 3.8) is 0 Å². The summed E-state index contributed by atoms with van der Waals surface area (Å²) in [5.74, 6) is 0.432. The number of imidazole rings is 1. The zero-order valence-electron chi connectivity index (χ0n) is 13.5. The van der Waals surface area contributed by atoms with Gasteiger partial charge in [0, 0.05) is 48.1 Å². The van der Waals surface area contributed by atoms with Gasteiger partial charge in [-0.25, -0.2) is 4.98 Å². The summed E-state index contributed by atoms with van der Waals surface area (Å²) in [6.07, 6.45) is 5.97. The van der Waals surface area contributed by atoms with E-state index in [-0.39, 0.29) is 5.78 Å². The summed E-state index contributed by atoms with van der Waals surface area (Å²) >= 11 is 1.46. The van der Waals surface area contributed by atoms with E-state index in [0.29, 0.717) is 24.3 Å². The molecule has 0 unspecified atom stereocenters. The molecule has 24 heavy (non-hydrogen) atoms. The van der Waals surface area contributed by atoms with Crippen molar-refractivity contribution < 1.29 is 4.79 Å². The van der Waals surface area contributed by atoms with Gasteiger partial charge < -0.3 is 9.13 Å². The lowest BCUT2D eigenvalue weighted by Gasteiger charge is -2.03. The Kier molecular flexibility index (Phi) is 5.02. The van der Waals surface area contributed by atoms with E-state index in [0.717, 1.165) is 22.6 Å². The van der Waals surface area contributed by atoms with Crippen LogP contribution in [0.1, 0.15) is 23.7 Å². The lowest BCUT2D eigenvalue weighted by atomic mass is 10.1. The second-order valence-electron chi connectivity index (χ2n) is 5.37. The number of hydrogen-bond acceptors (Lipinski definition) is 4. The highest BCUT2D eigenvalue weighted by Gasteiger charge is 2.16. The number of para-hydroxylation sites is 1. The molecule has 0 fully saturated rings. The normalized spacial score (nSPS) is 10.8. The fraction of sp³-hybridized carbons (Fsp3) is 0.278. The first-order valence-electron chi connectivity index (χ1n) is 7.86. The van der Waals surface area contributed by atoms with Crippen molar-refractivity contribution in [2.75, 3.05) is 5.75 Å². The third kappa shape index (κ3) is 3.22. The Labute approximate surface area is 144 Å². The number of aryl methyl sites for hydroxylation is 2. The van der Waals surface area contributed by atoms with Crippen LogP contribution in [-0.2, 0) is 13.1 Å². The molecule has 2 heterocycles. The fourth-order valence-electron chi connectivity index (χ4n) is 2.71. The van der Waals surface area contributed by atoms with Crippen molar-refractivity contribution in [1.82, 2.24) is 14.1 Å². The van der Waals surface area contributed by atoms with Crippen molar-refractivity contribution in [1.29, 1.82) is 5.26 Å². The van der Waals surface area contributed by atoms with Crippen LogP contribution in [0, 0.1) is 11.3 Å². The summed E-state index contributed by atoms with van der Waals surface area (Å²) in [6.45, 7) is 3.48. The number of benzene rings is 1.